The van der Waals surface area contributed by atoms with Gasteiger partial charge in [-0.25, -0.2) is 0 Å². The standard InChI is InChI=1S/C15H28N2O3/c1-5-12-15(19)17(9-7-6-8-10-20-4)13(11(2)3)14(18)16-12/h11-13H,5-10H2,1-4H3,(H,16,18). The molecule has 0 aromatic rings. The molecule has 5 nitrogen and oxygen atoms in total. The Bertz CT molecular complexity index is 331. The van der Waals surface area contributed by atoms with E-state index in [1.165, 1.54) is 0 Å². The first-order valence-electron chi connectivity index (χ1n) is 7.62. The van der Waals surface area contributed by atoms with Gasteiger partial charge < -0.3 is 15.0 Å². The Kier molecular flexibility index (Phi) is 6.99. The molecule has 0 radical (unpaired) electrons. The molecule has 2 amide bonds. The zero-order chi connectivity index (χ0) is 15.1. The smallest absolute Gasteiger partial charge is 0.245 e. The van der Waals surface area contributed by atoms with Crippen LogP contribution in [0, 0.1) is 5.92 Å². The number of amides is 2. The number of piperazine rings is 1. The Balaban J connectivity index is 2.63. The van der Waals surface area contributed by atoms with E-state index in [1.807, 2.05) is 20.8 Å². The number of methoxy groups -OCH3 is 1. The lowest BCUT2D eigenvalue weighted by Gasteiger charge is -2.40. The molecule has 0 aromatic heterocycles. The topological polar surface area (TPSA) is 58.6 Å². The van der Waals surface area contributed by atoms with Gasteiger partial charge in [0.2, 0.25) is 11.8 Å². The van der Waals surface area contributed by atoms with Crippen LogP contribution in [0.2, 0.25) is 0 Å². The Morgan fingerprint density at radius 3 is 2.50 bits per heavy atom. The van der Waals surface area contributed by atoms with Crippen LogP contribution in [0.4, 0.5) is 0 Å². The van der Waals surface area contributed by atoms with Crippen LogP contribution in [0.3, 0.4) is 0 Å². The third kappa shape index (κ3) is 4.20. The Hall–Kier alpha value is -1.10. The van der Waals surface area contributed by atoms with E-state index >= 15 is 0 Å². The highest BCUT2D eigenvalue weighted by molar-refractivity contribution is 5.97. The van der Waals surface area contributed by atoms with Crippen molar-refractivity contribution >= 4 is 11.8 Å². The van der Waals surface area contributed by atoms with E-state index < -0.39 is 0 Å². The zero-order valence-corrected chi connectivity index (χ0v) is 13.1. The van der Waals surface area contributed by atoms with Crippen LogP contribution in [-0.2, 0) is 14.3 Å². The largest absolute Gasteiger partial charge is 0.385 e. The quantitative estimate of drug-likeness (QED) is 0.688. The molecular weight excluding hydrogens is 256 g/mol. The second kappa shape index (κ2) is 8.25. The van der Waals surface area contributed by atoms with E-state index in [-0.39, 0.29) is 29.8 Å². The van der Waals surface area contributed by atoms with Gasteiger partial charge in [-0.3, -0.25) is 9.59 Å². The molecule has 1 N–H and O–H groups in total. The van der Waals surface area contributed by atoms with Crippen molar-refractivity contribution in [3.8, 4) is 0 Å². The summed E-state index contributed by atoms with van der Waals surface area (Å²) in [7, 11) is 1.69. The van der Waals surface area contributed by atoms with Gasteiger partial charge in [0.05, 0.1) is 0 Å². The Morgan fingerprint density at radius 2 is 1.95 bits per heavy atom. The van der Waals surface area contributed by atoms with Crippen molar-refractivity contribution in [2.45, 2.75) is 58.5 Å². The van der Waals surface area contributed by atoms with Gasteiger partial charge in [-0.15, -0.1) is 0 Å². The maximum Gasteiger partial charge on any atom is 0.245 e. The summed E-state index contributed by atoms with van der Waals surface area (Å²) in [6, 6.07) is -0.677. The summed E-state index contributed by atoms with van der Waals surface area (Å²) >= 11 is 0. The van der Waals surface area contributed by atoms with Crippen molar-refractivity contribution < 1.29 is 14.3 Å². The number of carbonyl (C=O) groups is 2. The van der Waals surface area contributed by atoms with Crippen molar-refractivity contribution in [2.24, 2.45) is 5.92 Å². The molecule has 1 saturated heterocycles. The minimum Gasteiger partial charge on any atom is -0.385 e. The first-order chi connectivity index (χ1) is 9.52. The lowest BCUT2D eigenvalue weighted by molar-refractivity contribution is -0.151. The molecule has 1 rings (SSSR count). The second-order valence-electron chi connectivity index (χ2n) is 5.74. The molecular formula is C15H28N2O3. The van der Waals surface area contributed by atoms with Crippen LogP contribution in [0.15, 0.2) is 0 Å². The summed E-state index contributed by atoms with van der Waals surface area (Å²) in [5.74, 6) is 0.191. The van der Waals surface area contributed by atoms with E-state index in [4.69, 9.17) is 4.74 Å². The number of rotatable bonds is 8. The lowest BCUT2D eigenvalue weighted by atomic mass is 9.96. The second-order valence-corrected chi connectivity index (χ2v) is 5.74. The van der Waals surface area contributed by atoms with Crippen molar-refractivity contribution in [3.05, 3.63) is 0 Å². The fourth-order valence-corrected chi connectivity index (χ4v) is 2.69. The molecule has 0 bridgehead atoms. The minimum atomic E-state index is -0.350. The first-order valence-corrected chi connectivity index (χ1v) is 7.62. The summed E-state index contributed by atoms with van der Waals surface area (Å²) in [6.45, 7) is 7.31. The van der Waals surface area contributed by atoms with E-state index in [0.29, 0.717) is 13.0 Å². The summed E-state index contributed by atoms with van der Waals surface area (Å²) < 4.78 is 5.02. The molecule has 2 unspecified atom stereocenters. The van der Waals surface area contributed by atoms with Crippen LogP contribution < -0.4 is 5.32 Å². The molecule has 0 aromatic carbocycles. The molecule has 0 spiro atoms. The highest BCUT2D eigenvalue weighted by Gasteiger charge is 2.40. The third-order valence-corrected chi connectivity index (χ3v) is 3.79. The van der Waals surface area contributed by atoms with Crippen molar-refractivity contribution in [3.63, 3.8) is 0 Å². The average molecular weight is 284 g/mol. The van der Waals surface area contributed by atoms with Gasteiger partial charge in [-0.05, 0) is 31.6 Å². The van der Waals surface area contributed by atoms with Crippen molar-refractivity contribution in [2.75, 3.05) is 20.3 Å². The normalized spacial score (nSPS) is 23.4. The monoisotopic (exact) mass is 284 g/mol. The predicted molar refractivity (Wildman–Crippen MR) is 78.3 cm³/mol. The van der Waals surface area contributed by atoms with Crippen LogP contribution in [-0.4, -0.2) is 49.1 Å². The number of ether oxygens (including phenoxy) is 1. The number of unbranched alkanes of at least 4 members (excludes halogenated alkanes) is 2. The van der Waals surface area contributed by atoms with Gasteiger partial charge in [0.1, 0.15) is 12.1 Å². The van der Waals surface area contributed by atoms with Crippen molar-refractivity contribution in [1.82, 2.24) is 10.2 Å². The number of hydrogen-bond donors (Lipinski definition) is 1. The van der Waals surface area contributed by atoms with Gasteiger partial charge in [0.25, 0.3) is 0 Å². The van der Waals surface area contributed by atoms with Gasteiger partial charge >= 0.3 is 0 Å². The number of nitrogens with zero attached hydrogens (tertiary/aromatic N) is 1. The summed E-state index contributed by atoms with van der Waals surface area (Å²) in [4.78, 5) is 26.4. The molecule has 5 heteroatoms. The van der Waals surface area contributed by atoms with Crippen LogP contribution in [0.25, 0.3) is 0 Å². The van der Waals surface area contributed by atoms with E-state index in [0.717, 1.165) is 25.9 Å². The van der Waals surface area contributed by atoms with Crippen LogP contribution in [0.5, 0.6) is 0 Å². The molecule has 0 aliphatic carbocycles. The minimum absolute atomic E-state index is 0.0108. The number of hydrogen-bond acceptors (Lipinski definition) is 3. The number of nitrogens with one attached hydrogen (secondary N) is 1. The fourth-order valence-electron chi connectivity index (χ4n) is 2.69. The molecule has 0 saturated carbocycles. The highest BCUT2D eigenvalue weighted by atomic mass is 16.5. The van der Waals surface area contributed by atoms with Gasteiger partial charge in [-0.2, -0.15) is 0 Å². The van der Waals surface area contributed by atoms with E-state index in [1.54, 1.807) is 12.0 Å². The average Bonchev–Trinajstić information content (AvgIpc) is 2.41. The fraction of sp³-hybridized carbons (Fsp3) is 0.867. The van der Waals surface area contributed by atoms with Crippen LogP contribution >= 0.6 is 0 Å². The molecule has 1 aliphatic rings. The SMILES string of the molecule is CCC1NC(=O)C(C(C)C)N(CCCCCOC)C1=O. The maximum atomic E-state index is 12.4. The Morgan fingerprint density at radius 1 is 1.25 bits per heavy atom. The summed E-state index contributed by atoms with van der Waals surface area (Å²) in [5.41, 5.74) is 0. The number of carbonyl (C=O) groups excluding carboxylic acids is 2. The molecule has 1 heterocycles. The highest BCUT2D eigenvalue weighted by Crippen LogP contribution is 2.19. The molecule has 1 fully saturated rings. The maximum absolute atomic E-state index is 12.4. The molecule has 20 heavy (non-hydrogen) atoms. The molecule has 2 atom stereocenters. The van der Waals surface area contributed by atoms with Gasteiger partial charge in [0.15, 0.2) is 0 Å². The zero-order valence-electron chi connectivity index (χ0n) is 13.1. The molecule has 116 valence electrons. The molecule has 1 aliphatic heterocycles. The Labute approximate surface area is 122 Å². The van der Waals surface area contributed by atoms with Gasteiger partial charge in [0, 0.05) is 20.3 Å². The van der Waals surface area contributed by atoms with Gasteiger partial charge in [-0.1, -0.05) is 20.8 Å². The lowest BCUT2D eigenvalue weighted by Crippen LogP contribution is -2.64. The summed E-state index contributed by atoms with van der Waals surface area (Å²) in [6.07, 6.45) is 3.58. The predicted octanol–water partition coefficient (Wildman–Crippen LogP) is 1.56. The third-order valence-electron chi connectivity index (χ3n) is 3.79. The van der Waals surface area contributed by atoms with E-state index in [9.17, 15) is 9.59 Å². The van der Waals surface area contributed by atoms with Crippen molar-refractivity contribution in [1.29, 1.82) is 0 Å². The summed E-state index contributed by atoms with van der Waals surface area (Å²) in [5, 5.41) is 2.84. The first kappa shape index (κ1) is 17.0. The van der Waals surface area contributed by atoms with E-state index in [2.05, 4.69) is 5.32 Å². The van der Waals surface area contributed by atoms with Crippen LogP contribution in [0.1, 0.15) is 46.5 Å².